The lowest BCUT2D eigenvalue weighted by Gasteiger charge is -2.23. The Bertz CT molecular complexity index is 547. The van der Waals surface area contributed by atoms with E-state index in [4.69, 9.17) is 10.7 Å². The minimum atomic E-state index is -0.166. The minimum Gasteiger partial charge on any atom is -0.404 e. The van der Waals surface area contributed by atoms with Gasteiger partial charge in [0.05, 0.1) is 17.8 Å². The van der Waals surface area contributed by atoms with Crippen LogP contribution in [0, 0.1) is 0 Å². The van der Waals surface area contributed by atoms with E-state index in [1.54, 1.807) is 6.20 Å². The molecule has 0 aliphatic heterocycles. The second-order valence-corrected chi connectivity index (χ2v) is 5.58. The van der Waals surface area contributed by atoms with Crippen LogP contribution in [0.4, 0.5) is 5.82 Å². The first-order chi connectivity index (χ1) is 10.6. The molecule has 120 valence electrons. The van der Waals surface area contributed by atoms with Gasteiger partial charge in [0.2, 0.25) is 0 Å². The number of aliphatic imine (C=N–C) groups is 1. The van der Waals surface area contributed by atoms with Crippen molar-refractivity contribution in [3.05, 3.63) is 24.3 Å². The highest BCUT2D eigenvalue weighted by Crippen LogP contribution is 2.23. The van der Waals surface area contributed by atoms with Crippen LogP contribution >= 0.6 is 0 Å². The Morgan fingerprint density at radius 3 is 2.77 bits per heavy atom. The molecule has 0 aromatic carbocycles. The van der Waals surface area contributed by atoms with Crippen LogP contribution in [0.15, 0.2) is 23.6 Å². The molecular weight excluding hydrogens is 278 g/mol. The molecule has 0 spiro atoms. The highest BCUT2D eigenvalue weighted by Gasteiger charge is 2.19. The molecule has 0 amide bonds. The lowest BCUT2D eigenvalue weighted by molar-refractivity contribution is 0.123. The molecule has 1 heterocycles. The fraction of sp³-hybridized carbons (Fsp3) is 0.562. The van der Waals surface area contributed by atoms with Gasteiger partial charge in [-0.25, -0.2) is 9.97 Å². The summed E-state index contributed by atoms with van der Waals surface area (Å²) in [4.78, 5) is 13.2. The zero-order chi connectivity index (χ0) is 15.9. The van der Waals surface area contributed by atoms with Crippen molar-refractivity contribution >= 4 is 17.1 Å². The van der Waals surface area contributed by atoms with Crippen molar-refractivity contribution in [1.29, 1.82) is 0 Å². The van der Waals surface area contributed by atoms with Crippen LogP contribution in [0.1, 0.15) is 45.2 Å². The molecule has 6 heteroatoms. The largest absolute Gasteiger partial charge is 0.404 e. The number of aliphatic hydroxyl groups is 1. The molecule has 1 aromatic rings. The highest BCUT2D eigenvalue weighted by atomic mass is 16.3. The lowest BCUT2D eigenvalue weighted by Crippen LogP contribution is -2.21. The van der Waals surface area contributed by atoms with E-state index < -0.39 is 0 Å². The fourth-order valence-electron chi connectivity index (χ4n) is 2.70. The normalized spacial score (nSPS) is 23.4. The molecule has 0 atom stereocenters. The number of rotatable bonds is 5. The van der Waals surface area contributed by atoms with Gasteiger partial charge in [-0.1, -0.05) is 0 Å². The SMILES string of the molecule is CCNc1cc(/C(=C/N)C(C)=NC2CCC(O)CC2)ncn1. The average Bonchev–Trinajstić information content (AvgIpc) is 2.51. The molecule has 22 heavy (non-hydrogen) atoms. The maximum atomic E-state index is 9.57. The van der Waals surface area contributed by atoms with E-state index >= 15 is 0 Å². The number of hydrogen-bond donors (Lipinski definition) is 3. The van der Waals surface area contributed by atoms with Crippen LogP contribution in [0.2, 0.25) is 0 Å². The van der Waals surface area contributed by atoms with Gasteiger partial charge in [-0.05, 0) is 39.5 Å². The summed E-state index contributed by atoms with van der Waals surface area (Å²) in [5, 5.41) is 12.7. The fourth-order valence-corrected chi connectivity index (χ4v) is 2.70. The first-order valence-corrected chi connectivity index (χ1v) is 7.85. The highest BCUT2D eigenvalue weighted by molar-refractivity contribution is 6.22. The summed E-state index contributed by atoms with van der Waals surface area (Å²) >= 11 is 0. The van der Waals surface area contributed by atoms with Gasteiger partial charge in [-0.2, -0.15) is 0 Å². The van der Waals surface area contributed by atoms with Gasteiger partial charge < -0.3 is 16.2 Å². The molecule has 1 fully saturated rings. The van der Waals surface area contributed by atoms with Gasteiger partial charge in [0.25, 0.3) is 0 Å². The summed E-state index contributed by atoms with van der Waals surface area (Å²) in [6.45, 7) is 4.78. The van der Waals surface area contributed by atoms with Gasteiger partial charge in [-0.15, -0.1) is 0 Å². The zero-order valence-electron chi connectivity index (χ0n) is 13.3. The first-order valence-electron chi connectivity index (χ1n) is 7.85. The zero-order valence-corrected chi connectivity index (χ0v) is 13.3. The molecule has 6 nitrogen and oxygen atoms in total. The Morgan fingerprint density at radius 2 is 2.14 bits per heavy atom. The molecule has 4 N–H and O–H groups in total. The van der Waals surface area contributed by atoms with E-state index in [2.05, 4.69) is 15.3 Å². The number of aliphatic hydroxyl groups excluding tert-OH is 1. The predicted octanol–water partition coefficient (Wildman–Crippen LogP) is 1.97. The van der Waals surface area contributed by atoms with E-state index in [0.717, 1.165) is 55.0 Å². The van der Waals surface area contributed by atoms with E-state index in [9.17, 15) is 5.11 Å². The quantitative estimate of drug-likeness (QED) is 0.723. The molecule has 1 aromatic heterocycles. The molecule has 1 aliphatic carbocycles. The Labute approximate surface area is 131 Å². The smallest absolute Gasteiger partial charge is 0.129 e. The maximum Gasteiger partial charge on any atom is 0.129 e. The molecule has 1 saturated carbocycles. The topological polar surface area (TPSA) is 96.4 Å². The minimum absolute atomic E-state index is 0.166. The van der Waals surface area contributed by atoms with E-state index in [1.807, 2.05) is 19.9 Å². The van der Waals surface area contributed by atoms with Gasteiger partial charge in [0.15, 0.2) is 0 Å². The Kier molecular flexibility index (Phi) is 5.89. The van der Waals surface area contributed by atoms with Crippen molar-refractivity contribution in [3.8, 4) is 0 Å². The number of nitrogens with two attached hydrogens (primary N) is 1. The Morgan fingerprint density at radius 1 is 1.41 bits per heavy atom. The van der Waals surface area contributed by atoms with Crippen LogP contribution in [-0.4, -0.2) is 39.5 Å². The molecular formula is C16H25N5O. The molecule has 0 saturated heterocycles. The summed E-state index contributed by atoms with van der Waals surface area (Å²) < 4.78 is 0. The first kappa shape index (κ1) is 16.4. The van der Waals surface area contributed by atoms with Gasteiger partial charge in [-0.3, -0.25) is 4.99 Å². The summed E-state index contributed by atoms with van der Waals surface area (Å²) in [6.07, 6.45) is 6.39. The standard InChI is InChI=1S/C16H25N5O/c1-3-18-16-8-15(19-10-20-16)14(9-17)11(2)21-12-4-6-13(22)7-5-12/h8-10,12-13,22H,3-7,17H2,1-2H3,(H,18,19,20)/b14-9+,21-11?. The average molecular weight is 303 g/mol. The number of aromatic nitrogens is 2. The van der Waals surface area contributed by atoms with Gasteiger partial charge in [0.1, 0.15) is 12.1 Å². The third kappa shape index (κ3) is 4.27. The summed E-state index contributed by atoms with van der Waals surface area (Å²) in [6, 6.07) is 2.14. The van der Waals surface area contributed by atoms with Crippen LogP contribution in [-0.2, 0) is 0 Å². The summed E-state index contributed by atoms with van der Waals surface area (Å²) in [5.41, 5.74) is 8.27. The van der Waals surface area contributed by atoms with Crippen LogP contribution in [0.25, 0.3) is 5.57 Å². The van der Waals surface area contributed by atoms with Crippen molar-refractivity contribution in [2.45, 2.75) is 51.7 Å². The van der Waals surface area contributed by atoms with Crippen LogP contribution in [0.3, 0.4) is 0 Å². The molecule has 0 unspecified atom stereocenters. The van der Waals surface area contributed by atoms with E-state index in [1.165, 1.54) is 6.33 Å². The number of allylic oxidation sites excluding steroid dienone is 1. The second-order valence-electron chi connectivity index (χ2n) is 5.58. The molecule has 1 aliphatic rings. The maximum absolute atomic E-state index is 9.57. The third-order valence-electron chi connectivity index (χ3n) is 3.90. The number of hydrogen-bond acceptors (Lipinski definition) is 6. The van der Waals surface area contributed by atoms with Crippen molar-refractivity contribution < 1.29 is 5.11 Å². The molecule has 0 bridgehead atoms. The van der Waals surface area contributed by atoms with Crippen molar-refractivity contribution in [2.75, 3.05) is 11.9 Å². The lowest BCUT2D eigenvalue weighted by atomic mass is 9.93. The van der Waals surface area contributed by atoms with E-state index in [-0.39, 0.29) is 12.1 Å². The van der Waals surface area contributed by atoms with Crippen molar-refractivity contribution in [2.24, 2.45) is 10.7 Å². The Balaban J connectivity index is 2.15. The van der Waals surface area contributed by atoms with Gasteiger partial charge in [0, 0.05) is 30.1 Å². The second kappa shape index (κ2) is 7.89. The van der Waals surface area contributed by atoms with Crippen LogP contribution < -0.4 is 11.1 Å². The van der Waals surface area contributed by atoms with Crippen molar-refractivity contribution in [3.63, 3.8) is 0 Å². The van der Waals surface area contributed by atoms with Crippen molar-refractivity contribution in [1.82, 2.24) is 9.97 Å². The van der Waals surface area contributed by atoms with Crippen LogP contribution in [0.5, 0.6) is 0 Å². The monoisotopic (exact) mass is 303 g/mol. The summed E-state index contributed by atoms with van der Waals surface area (Å²) in [5.74, 6) is 0.778. The number of nitrogens with one attached hydrogen (secondary N) is 1. The predicted molar refractivity (Wildman–Crippen MR) is 89.7 cm³/mol. The number of anilines is 1. The summed E-state index contributed by atoms with van der Waals surface area (Å²) in [7, 11) is 0. The molecule has 0 radical (unpaired) electrons. The Hall–Kier alpha value is -1.95. The van der Waals surface area contributed by atoms with Gasteiger partial charge >= 0.3 is 0 Å². The molecule has 2 rings (SSSR count). The van der Waals surface area contributed by atoms with E-state index in [0.29, 0.717) is 0 Å². The third-order valence-corrected chi connectivity index (χ3v) is 3.90. The number of nitrogens with zero attached hydrogens (tertiary/aromatic N) is 3.